The van der Waals surface area contributed by atoms with Crippen LogP contribution in [0.1, 0.15) is 19.8 Å². The Morgan fingerprint density at radius 1 is 1.59 bits per heavy atom. The van der Waals surface area contributed by atoms with E-state index in [0.717, 1.165) is 6.42 Å². The number of urea groups is 1. The second-order valence-corrected chi connectivity index (χ2v) is 4.49. The monoisotopic (exact) mass is 243 g/mol. The molecule has 1 rings (SSSR count). The van der Waals surface area contributed by atoms with Crippen LogP contribution < -0.4 is 5.73 Å². The van der Waals surface area contributed by atoms with Crippen LogP contribution in [0.2, 0.25) is 0 Å². The number of carboxylic acids is 1. The summed E-state index contributed by atoms with van der Waals surface area (Å²) in [7, 11) is 1.54. The van der Waals surface area contributed by atoms with E-state index in [2.05, 4.69) is 0 Å². The van der Waals surface area contributed by atoms with Crippen molar-refractivity contribution in [1.82, 2.24) is 9.80 Å². The summed E-state index contributed by atoms with van der Waals surface area (Å²) in [5, 5.41) is 9.00. The molecule has 2 amide bonds. The first-order valence-corrected chi connectivity index (χ1v) is 5.95. The minimum atomic E-state index is -0.960. The summed E-state index contributed by atoms with van der Waals surface area (Å²) in [6.45, 7) is 3.63. The molecule has 1 aliphatic heterocycles. The molecule has 0 saturated carbocycles. The highest BCUT2D eigenvalue weighted by Crippen LogP contribution is 2.17. The molecular formula is C11H21N3O3. The second-order valence-electron chi connectivity index (χ2n) is 4.49. The summed E-state index contributed by atoms with van der Waals surface area (Å²) in [5.41, 5.74) is 5.56. The first kappa shape index (κ1) is 13.8. The zero-order valence-corrected chi connectivity index (χ0v) is 10.4. The first-order chi connectivity index (χ1) is 8.01. The Labute approximate surface area is 101 Å². The zero-order valence-electron chi connectivity index (χ0n) is 10.4. The van der Waals surface area contributed by atoms with Gasteiger partial charge >= 0.3 is 12.0 Å². The van der Waals surface area contributed by atoms with Crippen LogP contribution in [-0.2, 0) is 4.79 Å². The van der Waals surface area contributed by atoms with Crippen molar-refractivity contribution in [2.45, 2.75) is 25.8 Å². The second kappa shape index (κ2) is 5.86. The number of nitrogens with two attached hydrogens (primary N) is 1. The van der Waals surface area contributed by atoms with Crippen molar-refractivity contribution in [3.63, 3.8) is 0 Å². The van der Waals surface area contributed by atoms with E-state index in [1.165, 1.54) is 4.90 Å². The molecule has 6 heteroatoms. The Hall–Kier alpha value is -1.30. The lowest BCUT2D eigenvalue weighted by atomic mass is 10.1. The number of likely N-dealkylation sites (tertiary alicyclic amines) is 1. The van der Waals surface area contributed by atoms with Gasteiger partial charge in [-0.3, -0.25) is 0 Å². The molecule has 0 aromatic rings. The molecule has 3 N–H and O–H groups in total. The van der Waals surface area contributed by atoms with Crippen LogP contribution in [-0.4, -0.2) is 59.6 Å². The number of hydrogen-bond acceptors (Lipinski definition) is 3. The van der Waals surface area contributed by atoms with Crippen molar-refractivity contribution in [3.8, 4) is 0 Å². The van der Waals surface area contributed by atoms with Crippen molar-refractivity contribution in [1.29, 1.82) is 0 Å². The van der Waals surface area contributed by atoms with Crippen LogP contribution in [0.4, 0.5) is 4.79 Å². The molecule has 2 unspecified atom stereocenters. The molecule has 0 aromatic heterocycles. The fourth-order valence-electron chi connectivity index (χ4n) is 2.17. The Kier molecular flexibility index (Phi) is 4.74. The molecule has 1 fully saturated rings. The van der Waals surface area contributed by atoms with Crippen LogP contribution in [0, 0.1) is 5.92 Å². The molecule has 0 bridgehead atoms. The standard InChI is InChI=1S/C11H21N3O3/c1-3-9(10(15)16)13(2)11(17)14-5-4-8(6-12)7-14/h8-9H,3-7,12H2,1-2H3,(H,15,16). The highest BCUT2D eigenvalue weighted by Gasteiger charge is 2.31. The van der Waals surface area contributed by atoms with E-state index in [0.29, 0.717) is 32.0 Å². The highest BCUT2D eigenvalue weighted by molar-refractivity contribution is 5.82. The molecule has 17 heavy (non-hydrogen) atoms. The molecule has 0 aliphatic carbocycles. The Morgan fingerprint density at radius 2 is 2.24 bits per heavy atom. The number of carbonyl (C=O) groups excluding carboxylic acids is 1. The van der Waals surface area contributed by atoms with E-state index in [9.17, 15) is 9.59 Å². The fourth-order valence-corrected chi connectivity index (χ4v) is 2.17. The van der Waals surface area contributed by atoms with Crippen molar-refractivity contribution in [3.05, 3.63) is 0 Å². The molecule has 1 aliphatic rings. The maximum atomic E-state index is 12.1. The summed E-state index contributed by atoms with van der Waals surface area (Å²) in [6.07, 6.45) is 1.31. The van der Waals surface area contributed by atoms with Crippen molar-refractivity contribution in [2.24, 2.45) is 11.7 Å². The third-order valence-electron chi connectivity index (χ3n) is 3.33. The highest BCUT2D eigenvalue weighted by atomic mass is 16.4. The maximum absolute atomic E-state index is 12.1. The van der Waals surface area contributed by atoms with E-state index in [4.69, 9.17) is 10.8 Å². The van der Waals surface area contributed by atoms with Gasteiger partial charge in [0.2, 0.25) is 0 Å². The number of carbonyl (C=O) groups is 2. The van der Waals surface area contributed by atoms with Gasteiger partial charge in [-0.15, -0.1) is 0 Å². The van der Waals surface area contributed by atoms with E-state index >= 15 is 0 Å². The molecule has 0 radical (unpaired) electrons. The SMILES string of the molecule is CCC(C(=O)O)N(C)C(=O)N1CCC(CN)C1. The van der Waals surface area contributed by atoms with Crippen LogP contribution in [0.5, 0.6) is 0 Å². The summed E-state index contributed by atoms with van der Waals surface area (Å²) in [6, 6.07) is -0.963. The summed E-state index contributed by atoms with van der Waals surface area (Å²) < 4.78 is 0. The predicted octanol–water partition coefficient (Wildman–Crippen LogP) is 0.182. The van der Waals surface area contributed by atoms with Crippen molar-refractivity contribution >= 4 is 12.0 Å². The number of amides is 2. The van der Waals surface area contributed by atoms with Gasteiger partial charge in [-0.2, -0.15) is 0 Å². The normalized spacial score (nSPS) is 21.4. The van der Waals surface area contributed by atoms with Crippen molar-refractivity contribution < 1.29 is 14.7 Å². The van der Waals surface area contributed by atoms with E-state index in [-0.39, 0.29) is 6.03 Å². The number of likely N-dealkylation sites (N-methyl/N-ethyl adjacent to an activating group) is 1. The average Bonchev–Trinajstić information content (AvgIpc) is 2.76. The summed E-state index contributed by atoms with van der Waals surface area (Å²) in [4.78, 5) is 26.0. The Balaban J connectivity index is 2.60. The summed E-state index contributed by atoms with van der Waals surface area (Å²) >= 11 is 0. The number of carboxylic acid groups (broad SMARTS) is 1. The first-order valence-electron chi connectivity index (χ1n) is 5.95. The van der Waals surface area contributed by atoms with Gasteiger partial charge in [-0.25, -0.2) is 9.59 Å². The molecular weight excluding hydrogens is 222 g/mol. The predicted molar refractivity (Wildman–Crippen MR) is 63.6 cm³/mol. The van der Waals surface area contributed by atoms with E-state index in [1.807, 2.05) is 0 Å². The smallest absolute Gasteiger partial charge is 0.326 e. The van der Waals surface area contributed by atoms with Gasteiger partial charge < -0.3 is 20.6 Å². The Morgan fingerprint density at radius 3 is 2.65 bits per heavy atom. The quantitative estimate of drug-likeness (QED) is 0.737. The van der Waals surface area contributed by atoms with Gasteiger partial charge in [0.15, 0.2) is 0 Å². The van der Waals surface area contributed by atoms with Crippen molar-refractivity contribution in [2.75, 3.05) is 26.7 Å². The Bertz CT molecular complexity index is 296. The summed E-state index contributed by atoms with van der Waals surface area (Å²) in [5.74, 6) is -0.616. The van der Waals surface area contributed by atoms with Gasteiger partial charge in [0.05, 0.1) is 0 Å². The lowest BCUT2D eigenvalue weighted by molar-refractivity contribution is -0.142. The van der Waals surface area contributed by atoms with Crippen LogP contribution >= 0.6 is 0 Å². The van der Waals surface area contributed by atoms with Crippen LogP contribution in [0.3, 0.4) is 0 Å². The van der Waals surface area contributed by atoms with Gasteiger partial charge in [-0.05, 0) is 25.3 Å². The minimum Gasteiger partial charge on any atom is -0.480 e. The zero-order chi connectivity index (χ0) is 13.0. The van der Waals surface area contributed by atoms with Crippen LogP contribution in [0.25, 0.3) is 0 Å². The van der Waals surface area contributed by atoms with E-state index in [1.54, 1.807) is 18.9 Å². The van der Waals surface area contributed by atoms with E-state index < -0.39 is 12.0 Å². The minimum absolute atomic E-state index is 0.213. The molecule has 0 spiro atoms. The van der Waals surface area contributed by atoms with Gasteiger partial charge in [0.1, 0.15) is 6.04 Å². The molecule has 2 atom stereocenters. The van der Waals surface area contributed by atoms with Gasteiger partial charge in [-0.1, -0.05) is 6.92 Å². The average molecular weight is 243 g/mol. The molecule has 1 saturated heterocycles. The number of hydrogen-bond donors (Lipinski definition) is 2. The van der Waals surface area contributed by atoms with Crippen LogP contribution in [0.15, 0.2) is 0 Å². The lowest BCUT2D eigenvalue weighted by Crippen LogP contribution is -2.48. The third-order valence-corrected chi connectivity index (χ3v) is 3.33. The third kappa shape index (κ3) is 3.09. The number of rotatable bonds is 4. The molecule has 1 heterocycles. The van der Waals surface area contributed by atoms with Gasteiger partial charge in [0.25, 0.3) is 0 Å². The topological polar surface area (TPSA) is 86.9 Å². The molecule has 0 aromatic carbocycles. The van der Waals surface area contributed by atoms with Gasteiger partial charge in [0, 0.05) is 20.1 Å². The molecule has 6 nitrogen and oxygen atoms in total. The number of aliphatic carboxylic acids is 1. The number of nitrogens with zero attached hydrogens (tertiary/aromatic N) is 2. The largest absolute Gasteiger partial charge is 0.480 e. The molecule has 98 valence electrons. The lowest BCUT2D eigenvalue weighted by Gasteiger charge is -2.28. The fraction of sp³-hybridized carbons (Fsp3) is 0.818. The maximum Gasteiger partial charge on any atom is 0.326 e.